The van der Waals surface area contributed by atoms with E-state index >= 15 is 0 Å². The van der Waals surface area contributed by atoms with Gasteiger partial charge in [0.1, 0.15) is 5.01 Å². The standard InChI is InChI=1S/C39H24N2S2/c1-2-10-26(11-3-1)41(28-22-23-36-34(24-28)31-14-8-9-17-35(31)42-36)27-20-18-25(19-21-27)39-40-37-32-15-6-4-12-29(32)30-13-5-7-16-33(30)38(37)43-39/h1-24H. The number of aromatic nitrogens is 1. The van der Waals surface area contributed by atoms with Gasteiger partial charge in [-0.3, -0.25) is 0 Å². The van der Waals surface area contributed by atoms with Crippen molar-refractivity contribution < 1.29 is 0 Å². The molecular formula is C39H24N2S2. The highest BCUT2D eigenvalue weighted by Crippen LogP contribution is 2.43. The number of anilines is 3. The van der Waals surface area contributed by atoms with Gasteiger partial charge in [-0.05, 0) is 71.4 Å². The van der Waals surface area contributed by atoms with Crippen LogP contribution in [0.5, 0.6) is 0 Å². The second-order valence-corrected chi connectivity index (χ2v) is 12.9. The van der Waals surface area contributed by atoms with Gasteiger partial charge in [-0.25, -0.2) is 4.98 Å². The van der Waals surface area contributed by atoms with Crippen molar-refractivity contribution in [3.05, 3.63) is 146 Å². The number of rotatable bonds is 4. The van der Waals surface area contributed by atoms with Crippen LogP contribution < -0.4 is 4.90 Å². The first kappa shape index (κ1) is 24.6. The van der Waals surface area contributed by atoms with Gasteiger partial charge in [0.15, 0.2) is 0 Å². The zero-order valence-electron chi connectivity index (χ0n) is 23.1. The topological polar surface area (TPSA) is 16.1 Å². The zero-order valence-corrected chi connectivity index (χ0v) is 24.7. The Morgan fingerprint density at radius 2 is 1.00 bits per heavy atom. The maximum Gasteiger partial charge on any atom is 0.124 e. The Balaban J connectivity index is 1.18. The molecule has 0 N–H and O–H groups in total. The van der Waals surface area contributed by atoms with Gasteiger partial charge < -0.3 is 4.90 Å². The molecule has 0 saturated heterocycles. The van der Waals surface area contributed by atoms with E-state index in [0.29, 0.717) is 0 Å². The molecular weight excluding hydrogens is 561 g/mol. The molecule has 9 aromatic rings. The van der Waals surface area contributed by atoms with Gasteiger partial charge in [0.2, 0.25) is 0 Å². The average Bonchev–Trinajstić information content (AvgIpc) is 3.69. The first-order valence-electron chi connectivity index (χ1n) is 14.4. The fourth-order valence-corrected chi connectivity index (χ4v) is 8.49. The number of para-hydroxylation sites is 1. The van der Waals surface area contributed by atoms with E-state index in [1.54, 1.807) is 11.3 Å². The van der Waals surface area contributed by atoms with Crippen molar-refractivity contribution in [2.75, 3.05) is 4.90 Å². The van der Waals surface area contributed by atoms with Gasteiger partial charge in [0.25, 0.3) is 0 Å². The third kappa shape index (κ3) is 3.95. The van der Waals surface area contributed by atoms with Gasteiger partial charge in [-0.2, -0.15) is 0 Å². The smallest absolute Gasteiger partial charge is 0.124 e. The maximum atomic E-state index is 5.22. The largest absolute Gasteiger partial charge is 0.310 e. The predicted octanol–water partition coefficient (Wildman–Crippen LogP) is 12.1. The lowest BCUT2D eigenvalue weighted by Gasteiger charge is -2.25. The summed E-state index contributed by atoms with van der Waals surface area (Å²) in [5.41, 5.74) is 5.61. The molecule has 2 nitrogen and oxygen atoms in total. The molecule has 7 aromatic carbocycles. The molecule has 0 aliphatic heterocycles. The molecule has 43 heavy (non-hydrogen) atoms. The summed E-state index contributed by atoms with van der Waals surface area (Å²) in [7, 11) is 0. The van der Waals surface area contributed by atoms with E-state index in [-0.39, 0.29) is 0 Å². The van der Waals surface area contributed by atoms with Crippen LogP contribution in [0.1, 0.15) is 0 Å². The highest BCUT2D eigenvalue weighted by Gasteiger charge is 2.17. The molecule has 0 saturated carbocycles. The highest BCUT2D eigenvalue weighted by molar-refractivity contribution is 7.25. The molecule has 0 radical (unpaired) electrons. The molecule has 4 heteroatoms. The van der Waals surface area contributed by atoms with E-state index in [0.717, 1.165) is 33.1 Å². The number of thiophene rings is 1. The molecule has 9 rings (SSSR count). The normalized spacial score (nSPS) is 11.7. The lowest BCUT2D eigenvalue weighted by molar-refractivity contribution is 1.29. The lowest BCUT2D eigenvalue weighted by atomic mass is 10.0. The molecule has 0 spiro atoms. The van der Waals surface area contributed by atoms with Gasteiger partial charge >= 0.3 is 0 Å². The Labute approximate surface area is 256 Å². The van der Waals surface area contributed by atoms with Crippen LogP contribution >= 0.6 is 22.7 Å². The monoisotopic (exact) mass is 584 g/mol. The van der Waals surface area contributed by atoms with Crippen LogP contribution in [0.3, 0.4) is 0 Å². The van der Waals surface area contributed by atoms with Gasteiger partial charge in [0, 0.05) is 53.6 Å². The first-order chi connectivity index (χ1) is 21.3. The van der Waals surface area contributed by atoms with Crippen LogP contribution in [0.25, 0.3) is 62.5 Å². The van der Waals surface area contributed by atoms with Crippen molar-refractivity contribution in [3.8, 4) is 10.6 Å². The Hall–Kier alpha value is -5.03. The quantitative estimate of drug-likeness (QED) is 0.191. The van der Waals surface area contributed by atoms with Gasteiger partial charge in [-0.15, -0.1) is 22.7 Å². The van der Waals surface area contributed by atoms with Gasteiger partial charge in [-0.1, -0.05) is 84.9 Å². The van der Waals surface area contributed by atoms with Gasteiger partial charge in [0.05, 0.1) is 10.2 Å². The lowest BCUT2D eigenvalue weighted by Crippen LogP contribution is -2.09. The van der Waals surface area contributed by atoms with Crippen molar-refractivity contribution in [3.63, 3.8) is 0 Å². The summed E-state index contributed by atoms with van der Waals surface area (Å²) in [4.78, 5) is 7.56. The van der Waals surface area contributed by atoms with Crippen molar-refractivity contribution in [2.45, 2.75) is 0 Å². The van der Waals surface area contributed by atoms with E-state index in [2.05, 4.69) is 150 Å². The fraction of sp³-hybridized carbons (Fsp3) is 0. The minimum absolute atomic E-state index is 1.04. The Morgan fingerprint density at radius 3 is 1.79 bits per heavy atom. The van der Waals surface area contributed by atoms with Crippen LogP contribution in [0.2, 0.25) is 0 Å². The molecule has 0 amide bonds. The highest BCUT2D eigenvalue weighted by atomic mass is 32.1. The predicted molar refractivity (Wildman–Crippen MR) is 188 cm³/mol. The molecule has 202 valence electrons. The fourth-order valence-electron chi connectivity index (χ4n) is 6.28. The summed E-state index contributed by atoms with van der Waals surface area (Å²) in [6, 6.07) is 52.3. The Kier molecular flexibility index (Phi) is 5.58. The molecule has 2 aromatic heterocycles. The van der Waals surface area contributed by atoms with Crippen molar-refractivity contribution in [1.82, 2.24) is 4.98 Å². The number of benzene rings is 7. The number of hydrogen-bond donors (Lipinski definition) is 0. The van der Waals surface area contributed by atoms with E-state index < -0.39 is 0 Å². The third-order valence-corrected chi connectivity index (χ3v) is 10.6. The van der Waals surface area contributed by atoms with E-state index in [9.17, 15) is 0 Å². The SMILES string of the molecule is c1ccc(N(c2ccc(-c3nc4c5ccccc5c5ccccc5c4s3)cc2)c2ccc3sc4ccccc4c3c2)cc1. The van der Waals surface area contributed by atoms with Crippen LogP contribution in [0.15, 0.2) is 146 Å². The minimum atomic E-state index is 1.04. The van der Waals surface area contributed by atoms with Crippen molar-refractivity contribution in [1.29, 1.82) is 0 Å². The third-order valence-electron chi connectivity index (χ3n) is 8.28. The van der Waals surface area contributed by atoms with Crippen LogP contribution in [-0.4, -0.2) is 4.98 Å². The molecule has 0 aliphatic rings. The summed E-state index contributed by atoms with van der Waals surface area (Å²) in [6.45, 7) is 0. The van der Waals surface area contributed by atoms with Crippen LogP contribution in [-0.2, 0) is 0 Å². The second kappa shape index (κ2) is 9.77. The number of thiazole rings is 1. The molecule has 0 bridgehead atoms. The average molecular weight is 585 g/mol. The molecule has 0 aliphatic carbocycles. The number of fused-ring (bicyclic) bond motifs is 9. The molecule has 2 heterocycles. The maximum absolute atomic E-state index is 5.22. The summed E-state index contributed by atoms with van der Waals surface area (Å²) < 4.78 is 3.88. The van der Waals surface area contributed by atoms with E-state index in [1.807, 2.05) is 11.3 Å². The minimum Gasteiger partial charge on any atom is -0.310 e. The van der Waals surface area contributed by atoms with Crippen molar-refractivity contribution in [2.24, 2.45) is 0 Å². The Morgan fingerprint density at radius 1 is 0.419 bits per heavy atom. The Bertz CT molecular complexity index is 2380. The van der Waals surface area contributed by atoms with E-state index in [4.69, 9.17) is 4.98 Å². The number of hydrogen-bond acceptors (Lipinski definition) is 4. The first-order valence-corrected chi connectivity index (χ1v) is 16.0. The summed E-state index contributed by atoms with van der Waals surface area (Å²) in [6.07, 6.45) is 0. The zero-order chi connectivity index (χ0) is 28.3. The molecule has 0 unspecified atom stereocenters. The number of nitrogens with zero attached hydrogens (tertiary/aromatic N) is 2. The summed E-state index contributed by atoms with van der Waals surface area (Å²) in [5.74, 6) is 0. The molecule has 0 fully saturated rings. The summed E-state index contributed by atoms with van der Waals surface area (Å²) in [5, 5.41) is 8.66. The molecule has 0 atom stereocenters. The summed E-state index contributed by atoms with van der Waals surface area (Å²) >= 11 is 3.63. The second-order valence-electron chi connectivity index (χ2n) is 10.8. The van der Waals surface area contributed by atoms with Crippen LogP contribution in [0, 0.1) is 0 Å². The van der Waals surface area contributed by atoms with E-state index in [1.165, 1.54) is 46.4 Å². The van der Waals surface area contributed by atoms with Crippen molar-refractivity contribution >= 4 is 91.7 Å². The van der Waals surface area contributed by atoms with Crippen LogP contribution in [0.4, 0.5) is 17.1 Å².